The lowest BCUT2D eigenvalue weighted by Crippen LogP contribution is -2.37. The molecule has 1 aliphatic rings. The average Bonchev–Trinajstić information content (AvgIpc) is 3.14. The van der Waals surface area contributed by atoms with E-state index in [1.54, 1.807) is 41.7 Å². The predicted molar refractivity (Wildman–Crippen MR) is 98.8 cm³/mol. The molecule has 5 nitrogen and oxygen atoms in total. The number of hydrogen-bond donors (Lipinski definition) is 1. The summed E-state index contributed by atoms with van der Waals surface area (Å²) in [5.41, 5.74) is 1.66. The zero-order chi connectivity index (χ0) is 17.9. The minimum absolute atomic E-state index is 0.124. The molecule has 132 valence electrons. The molecule has 1 aromatic heterocycles. The van der Waals surface area contributed by atoms with Gasteiger partial charge < -0.3 is 5.32 Å². The van der Waals surface area contributed by atoms with Crippen molar-refractivity contribution in [3.05, 3.63) is 63.9 Å². The monoisotopic (exact) mass is 376 g/mol. The van der Waals surface area contributed by atoms with Gasteiger partial charge in [0.15, 0.2) is 0 Å². The summed E-state index contributed by atoms with van der Waals surface area (Å²) in [6, 6.07) is 10.7. The van der Waals surface area contributed by atoms with Crippen LogP contribution in [0.2, 0.25) is 0 Å². The summed E-state index contributed by atoms with van der Waals surface area (Å²) in [7, 11) is -3.52. The number of rotatable bonds is 5. The summed E-state index contributed by atoms with van der Waals surface area (Å²) in [6.45, 7) is 2.95. The molecule has 7 heteroatoms. The van der Waals surface area contributed by atoms with Crippen LogP contribution in [0.15, 0.2) is 58.3 Å². The fraction of sp³-hybridized carbons (Fsp3) is 0.278. The summed E-state index contributed by atoms with van der Waals surface area (Å²) < 4.78 is 26.7. The van der Waals surface area contributed by atoms with E-state index in [9.17, 15) is 13.2 Å². The number of aryl methyl sites for hydroxylation is 1. The van der Waals surface area contributed by atoms with Crippen molar-refractivity contribution in [2.24, 2.45) is 0 Å². The Labute approximate surface area is 152 Å². The lowest BCUT2D eigenvalue weighted by molar-refractivity contribution is -0.117. The molecule has 0 aliphatic carbocycles. The zero-order valence-corrected chi connectivity index (χ0v) is 15.6. The van der Waals surface area contributed by atoms with E-state index in [-0.39, 0.29) is 17.3 Å². The van der Waals surface area contributed by atoms with E-state index < -0.39 is 10.0 Å². The number of amides is 1. The molecule has 1 aromatic carbocycles. The average molecular weight is 377 g/mol. The van der Waals surface area contributed by atoms with E-state index in [1.165, 1.54) is 4.31 Å². The van der Waals surface area contributed by atoms with Crippen LogP contribution in [-0.2, 0) is 21.4 Å². The molecule has 25 heavy (non-hydrogen) atoms. The van der Waals surface area contributed by atoms with Crippen molar-refractivity contribution < 1.29 is 13.2 Å². The van der Waals surface area contributed by atoms with Gasteiger partial charge in [0.2, 0.25) is 15.9 Å². The lowest BCUT2D eigenvalue weighted by Gasteiger charge is -2.25. The molecule has 0 unspecified atom stereocenters. The first-order chi connectivity index (χ1) is 12.0. The van der Waals surface area contributed by atoms with Gasteiger partial charge in [-0.25, -0.2) is 8.42 Å². The van der Waals surface area contributed by atoms with Crippen LogP contribution in [-0.4, -0.2) is 31.7 Å². The van der Waals surface area contributed by atoms with Crippen molar-refractivity contribution in [3.8, 4) is 0 Å². The van der Waals surface area contributed by atoms with E-state index in [1.807, 2.05) is 24.4 Å². The molecule has 2 aromatic rings. The molecule has 0 spiro atoms. The van der Waals surface area contributed by atoms with Gasteiger partial charge in [0.1, 0.15) is 0 Å². The smallest absolute Gasteiger partial charge is 0.247 e. The second-order valence-electron chi connectivity index (χ2n) is 5.92. The third-order valence-corrected chi connectivity index (χ3v) is 6.88. The van der Waals surface area contributed by atoms with Gasteiger partial charge in [-0.15, -0.1) is 11.3 Å². The fourth-order valence-corrected chi connectivity index (χ4v) is 4.65. The Morgan fingerprint density at radius 3 is 2.60 bits per heavy atom. The van der Waals surface area contributed by atoms with Crippen LogP contribution in [0, 0.1) is 6.92 Å². The van der Waals surface area contributed by atoms with Gasteiger partial charge in [0.25, 0.3) is 0 Å². The molecule has 0 radical (unpaired) electrons. The van der Waals surface area contributed by atoms with E-state index in [4.69, 9.17) is 0 Å². The van der Waals surface area contributed by atoms with Crippen molar-refractivity contribution in [1.82, 2.24) is 9.62 Å². The van der Waals surface area contributed by atoms with E-state index in [2.05, 4.69) is 5.32 Å². The largest absolute Gasteiger partial charge is 0.347 e. The molecule has 1 aliphatic heterocycles. The minimum Gasteiger partial charge on any atom is -0.347 e. The topological polar surface area (TPSA) is 66.5 Å². The number of hydrogen-bond acceptors (Lipinski definition) is 4. The number of carbonyl (C=O) groups excluding carboxylic acids is 1. The van der Waals surface area contributed by atoms with Crippen LogP contribution in [0.5, 0.6) is 0 Å². The summed E-state index contributed by atoms with van der Waals surface area (Å²) in [5, 5.41) is 4.85. The second-order valence-corrected chi connectivity index (χ2v) is 8.89. The Kier molecular flexibility index (Phi) is 5.36. The van der Waals surface area contributed by atoms with Crippen molar-refractivity contribution in [2.45, 2.75) is 24.8 Å². The lowest BCUT2D eigenvalue weighted by atomic mass is 10.1. The standard InChI is InChI=1S/C18H20N2O3S2/c1-14-4-6-17(7-5-14)25(22,23)20-10-8-15(9-11-20)18(21)19-13-16-3-2-12-24-16/h2-8,12H,9-11,13H2,1H3,(H,19,21). The number of benzene rings is 1. The first-order valence-corrected chi connectivity index (χ1v) is 10.4. The Morgan fingerprint density at radius 1 is 1.24 bits per heavy atom. The SMILES string of the molecule is Cc1ccc(S(=O)(=O)N2CC=C(C(=O)NCc3cccs3)CC2)cc1. The fourth-order valence-electron chi connectivity index (χ4n) is 2.63. The van der Waals surface area contributed by atoms with Crippen molar-refractivity contribution in [3.63, 3.8) is 0 Å². The molecule has 0 bridgehead atoms. The maximum Gasteiger partial charge on any atom is 0.247 e. The summed E-state index contributed by atoms with van der Waals surface area (Å²) in [5.74, 6) is -0.124. The molecule has 0 fully saturated rings. The molecule has 0 saturated heterocycles. The van der Waals surface area contributed by atoms with Gasteiger partial charge in [-0.1, -0.05) is 29.8 Å². The highest BCUT2D eigenvalue weighted by molar-refractivity contribution is 7.89. The van der Waals surface area contributed by atoms with Gasteiger partial charge in [-0.2, -0.15) is 4.31 Å². The molecule has 1 amide bonds. The van der Waals surface area contributed by atoms with Crippen LogP contribution >= 0.6 is 11.3 Å². The quantitative estimate of drug-likeness (QED) is 0.872. The zero-order valence-electron chi connectivity index (χ0n) is 13.9. The second kappa shape index (κ2) is 7.51. The van der Waals surface area contributed by atoms with Gasteiger partial charge in [-0.3, -0.25) is 4.79 Å². The first-order valence-electron chi connectivity index (χ1n) is 8.03. The Morgan fingerprint density at radius 2 is 2.00 bits per heavy atom. The highest BCUT2D eigenvalue weighted by Crippen LogP contribution is 2.21. The Balaban J connectivity index is 1.63. The van der Waals surface area contributed by atoms with E-state index in [0.29, 0.717) is 25.1 Å². The molecule has 0 saturated carbocycles. The molecule has 3 rings (SSSR count). The normalized spacial score (nSPS) is 15.6. The summed E-state index contributed by atoms with van der Waals surface area (Å²) in [6.07, 6.45) is 2.13. The molecular weight excluding hydrogens is 356 g/mol. The van der Waals surface area contributed by atoms with Crippen molar-refractivity contribution in [2.75, 3.05) is 13.1 Å². The Bertz CT molecular complexity index is 870. The van der Waals surface area contributed by atoms with Crippen molar-refractivity contribution in [1.29, 1.82) is 0 Å². The van der Waals surface area contributed by atoms with Gasteiger partial charge in [0, 0.05) is 23.5 Å². The summed E-state index contributed by atoms with van der Waals surface area (Å²) >= 11 is 1.59. The number of nitrogens with one attached hydrogen (secondary N) is 1. The van der Waals surface area contributed by atoms with Crippen LogP contribution in [0.3, 0.4) is 0 Å². The van der Waals surface area contributed by atoms with E-state index in [0.717, 1.165) is 10.4 Å². The third-order valence-electron chi connectivity index (χ3n) is 4.13. The van der Waals surface area contributed by atoms with Gasteiger partial charge in [0.05, 0.1) is 11.4 Å². The minimum atomic E-state index is -3.52. The van der Waals surface area contributed by atoms with Crippen LogP contribution in [0.25, 0.3) is 0 Å². The molecule has 1 N–H and O–H groups in total. The summed E-state index contributed by atoms with van der Waals surface area (Å²) in [4.78, 5) is 13.6. The van der Waals surface area contributed by atoms with Crippen LogP contribution in [0.1, 0.15) is 16.9 Å². The highest BCUT2D eigenvalue weighted by atomic mass is 32.2. The maximum atomic E-state index is 12.7. The predicted octanol–water partition coefficient (Wildman–Crippen LogP) is 2.69. The first kappa shape index (κ1) is 17.8. The number of thiophene rings is 1. The van der Waals surface area contributed by atoms with Crippen LogP contribution < -0.4 is 5.32 Å². The number of nitrogens with zero attached hydrogens (tertiary/aromatic N) is 1. The van der Waals surface area contributed by atoms with Crippen LogP contribution in [0.4, 0.5) is 0 Å². The van der Waals surface area contributed by atoms with Gasteiger partial charge >= 0.3 is 0 Å². The van der Waals surface area contributed by atoms with Crippen molar-refractivity contribution >= 4 is 27.3 Å². The molecule has 0 atom stereocenters. The molecule has 2 heterocycles. The highest BCUT2D eigenvalue weighted by Gasteiger charge is 2.27. The van der Waals surface area contributed by atoms with Gasteiger partial charge in [-0.05, 0) is 36.9 Å². The molecular formula is C18H20N2O3S2. The third kappa shape index (κ3) is 4.18. The maximum absolute atomic E-state index is 12.7. The number of sulfonamides is 1. The van der Waals surface area contributed by atoms with E-state index >= 15 is 0 Å². The Hall–Kier alpha value is -1.96. The number of carbonyl (C=O) groups is 1.